The zero-order chi connectivity index (χ0) is 22.8. The number of nitrogens with zero attached hydrogens (tertiary/aromatic N) is 2. The van der Waals surface area contributed by atoms with Gasteiger partial charge in [-0.05, 0) is 49.3 Å². The van der Waals surface area contributed by atoms with Crippen LogP contribution in [0, 0.1) is 17.8 Å². The maximum atomic E-state index is 13.2. The molecule has 172 valence electrons. The van der Waals surface area contributed by atoms with Gasteiger partial charge in [-0.3, -0.25) is 14.7 Å². The Labute approximate surface area is 188 Å². The molecule has 1 aromatic heterocycles. The van der Waals surface area contributed by atoms with Crippen LogP contribution < -0.4 is 10.2 Å². The molecule has 3 atom stereocenters. The predicted molar refractivity (Wildman–Crippen MR) is 124 cm³/mol. The van der Waals surface area contributed by atoms with Gasteiger partial charge in [-0.2, -0.15) is 5.10 Å². The second-order valence-electron chi connectivity index (χ2n) is 9.84. The molecule has 2 aromatic rings. The maximum absolute atomic E-state index is 13.2. The molecule has 3 unspecified atom stereocenters. The van der Waals surface area contributed by atoms with E-state index in [1.165, 1.54) is 0 Å². The van der Waals surface area contributed by atoms with Crippen molar-refractivity contribution in [2.75, 3.05) is 11.4 Å². The van der Waals surface area contributed by atoms with Crippen LogP contribution >= 0.6 is 0 Å². The fourth-order valence-corrected chi connectivity index (χ4v) is 4.62. The number of benzene rings is 1. The first kappa shape index (κ1) is 22.8. The van der Waals surface area contributed by atoms with Gasteiger partial charge in [0.15, 0.2) is 5.78 Å². The number of ketones is 1. The number of H-pyrrole nitrogens is 1. The molecule has 32 heavy (non-hydrogen) atoms. The molecule has 1 aliphatic heterocycles. The highest BCUT2D eigenvalue weighted by molar-refractivity contribution is 6.43. The van der Waals surface area contributed by atoms with Gasteiger partial charge in [0.05, 0.1) is 23.7 Å². The summed E-state index contributed by atoms with van der Waals surface area (Å²) in [6.07, 6.45) is 6.08. The summed E-state index contributed by atoms with van der Waals surface area (Å²) >= 11 is 0. The lowest BCUT2D eigenvalue weighted by Gasteiger charge is -2.42. The molecule has 4 N–H and O–H groups in total. The van der Waals surface area contributed by atoms with E-state index in [0.717, 1.165) is 42.4 Å². The van der Waals surface area contributed by atoms with Crippen LogP contribution in [0.5, 0.6) is 0 Å². The van der Waals surface area contributed by atoms with E-state index in [0.29, 0.717) is 18.8 Å². The lowest BCUT2D eigenvalue weighted by molar-refractivity contribution is -0.131. The van der Waals surface area contributed by atoms with E-state index in [2.05, 4.69) is 20.4 Å². The van der Waals surface area contributed by atoms with Gasteiger partial charge in [-0.1, -0.05) is 26.7 Å². The fraction of sp³-hybridized carbons (Fsp3) is 0.609. The van der Waals surface area contributed by atoms with Crippen LogP contribution in [0.2, 0.25) is 0 Å². The quantitative estimate of drug-likeness (QED) is 0.398. The van der Waals surface area contributed by atoms with Gasteiger partial charge in [0.25, 0.3) is 0 Å². The zero-order valence-electron chi connectivity index (χ0n) is 18.8. The van der Waals surface area contributed by atoms with Gasteiger partial charge in [0, 0.05) is 30.0 Å². The van der Waals surface area contributed by atoms with Crippen molar-refractivity contribution in [3.63, 3.8) is 0 Å². The van der Waals surface area contributed by atoms with Gasteiger partial charge in [-0.15, -0.1) is 0 Å². The second-order valence-corrected chi connectivity index (χ2v) is 9.84. The summed E-state index contributed by atoms with van der Waals surface area (Å²) in [7, 11) is -1.61. The average molecular weight is 440 g/mol. The number of rotatable bonds is 11. The van der Waals surface area contributed by atoms with Crippen LogP contribution in [0.3, 0.4) is 0 Å². The molecule has 1 amide bonds. The molecule has 0 bridgehead atoms. The van der Waals surface area contributed by atoms with Crippen molar-refractivity contribution in [1.82, 2.24) is 15.5 Å². The summed E-state index contributed by atoms with van der Waals surface area (Å²) in [6.45, 7) is 4.75. The SMILES string of the molecule is CC(C)CC(NC(=O)C(CC(=O)C1CCN1c1ccc2cn[nH]c2c1)CC1CC1)B(O)O. The van der Waals surface area contributed by atoms with E-state index in [4.69, 9.17) is 0 Å². The van der Waals surface area contributed by atoms with Crippen LogP contribution in [0.25, 0.3) is 10.9 Å². The summed E-state index contributed by atoms with van der Waals surface area (Å²) in [4.78, 5) is 28.3. The Bertz CT molecular complexity index is 958. The number of Topliss-reactive ketones (excluding diaryl/α,β-unsaturated/α-hetero) is 1. The molecule has 1 aliphatic carbocycles. The van der Waals surface area contributed by atoms with Crippen molar-refractivity contribution in [2.45, 2.75) is 64.4 Å². The Morgan fingerprint density at radius 2 is 2.06 bits per heavy atom. The largest absolute Gasteiger partial charge is 0.475 e. The Morgan fingerprint density at radius 1 is 1.28 bits per heavy atom. The zero-order valence-corrected chi connectivity index (χ0v) is 18.8. The molecule has 2 heterocycles. The maximum Gasteiger partial charge on any atom is 0.475 e. The number of hydrogen-bond donors (Lipinski definition) is 4. The first-order valence-electron chi connectivity index (χ1n) is 11.7. The van der Waals surface area contributed by atoms with Gasteiger partial charge in [0.2, 0.25) is 5.91 Å². The summed E-state index contributed by atoms with van der Waals surface area (Å²) in [5, 5.41) is 30.2. The third-order valence-electron chi connectivity index (χ3n) is 6.69. The number of hydrogen-bond acceptors (Lipinski definition) is 6. The number of aromatic nitrogens is 2. The number of aromatic amines is 1. The van der Waals surface area contributed by atoms with Gasteiger partial charge >= 0.3 is 7.12 Å². The lowest BCUT2D eigenvalue weighted by Crippen LogP contribution is -2.54. The molecule has 8 nitrogen and oxygen atoms in total. The smallest absolute Gasteiger partial charge is 0.426 e. The molecule has 0 radical (unpaired) electrons. The Morgan fingerprint density at radius 3 is 2.69 bits per heavy atom. The minimum atomic E-state index is -1.61. The van der Waals surface area contributed by atoms with Crippen LogP contribution in [0.4, 0.5) is 5.69 Å². The molecule has 1 saturated heterocycles. The summed E-state index contributed by atoms with van der Waals surface area (Å²) in [5.74, 6) is -0.621. The minimum absolute atomic E-state index is 0.0757. The first-order chi connectivity index (χ1) is 15.3. The molecule has 4 rings (SSSR count). The highest BCUT2D eigenvalue weighted by Gasteiger charge is 2.39. The van der Waals surface area contributed by atoms with E-state index >= 15 is 0 Å². The van der Waals surface area contributed by atoms with Crippen LogP contribution in [-0.2, 0) is 9.59 Å². The van der Waals surface area contributed by atoms with Crippen LogP contribution in [-0.4, -0.2) is 57.6 Å². The van der Waals surface area contributed by atoms with E-state index in [9.17, 15) is 19.6 Å². The highest BCUT2D eigenvalue weighted by atomic mass is 16.4. The van der Waals surface area contributed by atoms with E-state index < -0.39 is 19.0 Å². The molecular formula is C23H33BN4O4. The number of amides is 1. The van der Waals surface area contributed by atoms with E-state index in [1.54, 1.807) is 6.20 Å². The summed E-state index contributed by atoms with van der Waals surface area (Å²) in [5.41, 5.74) is 1.92. The van der Waals surface area contributed by atoms with Crippen LogP contribution in [0.15, 0.2) is 24.4 Å². The first-order valence-corrected chi connectivity index (χ1v) is 11.7. The summed E-state index contributed by atoms with van der Waals surface area (Å²) < 4.78 is 0. The third-order valence-corrected chi connectivity index (χ3v) is 6.69. The molecule has 1 saturated carbocycles. The molecule has 2 fully saturated rings. The number of carbonyl (C=O) groups is 2. The van der Waals surface area contributed by atoms with Crippen molar-refractivity contribution >= 4 is 35.4 Å². The Balaban J connectivity index is 1.41. The Kier molecular flexibility index (Phi) is 6.86. The number of anilines is 1. The van der Waals surface area contributed by atoms with Crippen molar-refractivity contribution < 1.29 is 19.6 Å². The van der Waals surface area contributed by atoms with Crippen LogP contribution in [0.1, 0.15) is 52.4 Å². The van der Waals surface area contributed by atoms with Crippen molar-refractivity contribution in [1.29, 1.82) is 0 Å². The molecule has 1 aromatic carbocycles. The Hall–Kier alpha value is -2.39. The second kappa shape index (κ2) is 9.62. The summed E-state index contributed by atoms with van der Waals surface area (Å²) in [6, 6.07) is 5.78. The molecule has 9 heteroatoms. The lowest BCUT2D eigenvalue weighted by atomic mass is 9.74. The predicted octanol–water partition coefficient (Wildman–Crippen LogP) is 2.06. The van der Waals surface area contributed by atoms with Crippen molar-refractivity contribution in [2.24, 2.45) is 17.8 Å². The fourth-order valence-electron chi connectivity index (χ4n) is 4.62. The van der Waals surface area contributed by atoms with E-state index in [1.807, 2.05) is 32.0 Å². The van der Waals surface area contributed by atoms with Crippen molar-refractivity contribution in [3.8, 4) is 0 Å². The molecular weight excluding hydrogens is 407 g/mol. The minimum Gasteiger partial charge on any atom is -0.426 e. The highest BCUT2D eigenvalue weighted by Crippen LogP contribution is 2.37. The molecule has 2 aliphatic rings. The molecule has 0 spiro atoms. The number of carbonyl (C=O) groups excluding carboxylic acids is 2. The average Bonchev–Trinajstić information content (AvgIpc) is 3.39. The third kappa shape index (κ3) is 5.32. The van der Waals surface area contributed by atoms with Crippen molar-refractivity contribution in [3.05, 3.63) is 24.4 Å². The van der Waals surface area contributed by atoms with E-state index in [-0.39, 0.29) is 30.1 Å². The normalized spacial score (nSPS) is 20.2. The number of fused-ring (bicyclic) bond motifs is 1. The monoisotopic (exact) mass is 440 g/mol. The standard InChI is InChI=1S/C23H33BN4O4/c1-14(2)9-22(24(31)32)26-23(30)17(10-15-3-4-15)11-21(29)20-7-8-28(20)18-6-5-16-13-25-27-19(16)12-18/h5-6,12-15,17,20,22,31-32H,3-4,7-11H2,1-2H3,(H,25,27)(H,26,30). The number of nitrogens with one attached hydrogen (secondary N) is 2. The van der Waals surface area contributed by atoms with Gasteiger partial charge in [0.1, 0.15) is 0 Å². The van der Waals surface area contributed by atoms with Gasteiger partial charge < -0.3 is 20.3 Å². The topological polar surface area (TPSA) is 119 Å². The van der Waals surface area contributed by atoms with Gasteiger partial charge in [-0.25, -0.2) is 0 Å².